The zero-order chi connectivity index (χ0) is 18.9. The first-order chi connectivity index (χ1) is 12.3. The van der Waals surface area contributed by atoms with Crippen LogP contribution in [0.3, 0.4) is 0 Å². The molecule has 0 saturated heterocycles. The lowest BCUT2D eigenvalue weighted by molar-refractivity contribution is 0.329. The van der Waals surface area contributed by atoms with E-state index in [2.05, 4.69) is 0 Å². The van der Waals surface area contributed by atoms with Crippen molar-refractivity contribution < 1.29 is 17.9 Å². The molecule has 0 radical (unpaired) electrons. The van der Waals surface area contributed by atoms with E-state index in [1.54, 1.807) is 24.1 Å². The van der Waals surface area contributed by atoms with Crippen LogP contribution in [0.5, 0.6) is 0 Å². The molecule has 0 saturated carbocycles. The van der Waals surface area contributed by atoms with Gasteiger partial charge in [-0.15, -0.1) is 11.3 Å². The summed E-state index contributed by atoms with van der Waals surface area (Å²) in [6.07, 6.45) is 0.332. The van der Waals surface area contributed by atoms with Gasteiger partial charge in [0.15, 0.2) is 11.6 Å². The van der Waals surface area contributed by atoms with Gasteiger partial charge >= 0.3 is 0 Å². The minimum atomic E-state index is -3.00. The van der Waals surface area contributed by atoms with Crippen LogP contribution in [0.4, 0.5) is 8.78 Å². The second-order valence-corrected chi connectivity index (χ2v) is 10.2. The van der Waals surface area contributed by atoms with Gasteiger partial charge < -0.3 is 4.52 Å². The summed E-state index contributed by atoms with van der Waals surface area (Å²) in [6, 6.07) is 11.9. The molecule has 3 rings (SSSR count). The maximum absolute atomic E-state index is 13.7. The van der Waals surface area contributed by atoms with Gasteiger partial charge in [-0.05, 0) is 55.0 Å². The molecule has 2 atom stereocenters. The number of hydrogen-bond donors (Lipinski definition) is 0. The van der Waals surface area contributed by atoms with E-state index in [1.807, 2.05) is 38.1 Å². The Labute approximate surface area is 156 Å². The van der Waals surface area contributed by atoms with Crippen molar-refractivity contribution in [1.82, 2.24) is 0 Å². The summed E-state index contributed by atoms with van der Waals surface area (Å²) in [7, 11) is -3.00. The van der Waals surface area contributed by atoms with Crippen LogP contribution in [0.1, 0.15) is 28.6 Å². The smallest absolute Gasteiger partial charge is 0.208 e. The highest BCUT2D eigenvalue weighted by atomic mass is 32.1. The first-order valence-corrected chi connectivity index (χ1v) is 11.4. The van der Waals surface area contributed by atoms with Crippen molar-refractivity contribution in [2.45, 2.75) is 25.9 Å². The highest BCUT2D eigenvalue weighted by Gasteiger charge is 2.33. The van der Waals surface area contributed by atoms with Crippen LogP contribution in [0, 0.1) is 18.6 Å². The van der Waals surface area contributed by atoms with Crippen molar-refractivity contribution in [2.75, 3.05) is 13.3 Å². The Balaban J connectivity index is 2.09. The van der Waals surface area contributed by atoms with Crippen molar-refractivity contribution in [1.29, 1.82) is 0 Å². The maximum Gasteiger partial charge on any atom is 0.208 e. The molecule has 138 valence electrons. The third kappa shape index (κ3) is 3.75. The fourth-order valence-electron chi connectivity index (χ4n) is 3.22. The fourth-order valence-corrected chi connectivity index (χ4v) is 7.00. The van der Waals surface area contributed by atoms with Crippen LogP contribution in [0.15, 0.2) is 42.5 Å². The lowest BCUT2D eigenvalue weighted by Gasteiger charge is -2.24. The second-order valence-electron chi connectivity index (χ2n) is 6.38. The predicted molar refractivity (Wildman–Crippen MR) is 105 cm³/mol. The standard InChI is InChI=1S/C20H21F2O2PS/c1-4-24-25(3,23)18(12-14-9-10-16(21)17(22)11-14)20-13(2)15-7-5-6-8-19(15)26-20/h5-11,18H,4,12H2,1-3H3. The van der Waals surface area contributed by atoms with Crippen LogP contribution in [-0.2, 0) is 15.5 Å². The van der Waals surface area contributed by atoms with E-state index in [-0.39, 0.29) is 0 Å². The number of halogens is 2. The quantitative estimate of drug-likeness (QED) is 0.434. The van der Waals surface area contributed by atoms with E-state index in [4.69, 9.17) is 4.52 Å². The Morgan fingerprint density at radius 2 is 1.88 bits per heavy atom. The topological polar surface area (TPSA) is 26.3 Å². The number of aryl methyl sites for hydroxylation is 1. The third-order valence-corrected chi connectivity index (χ3v) is 8.45. The monoisotopic (exact) mass is 394 g/mol. The third-order valence-electron chi connectivity index (χ3n) is 4.55. The molecule has 1 aromatic heterocycles. The molecule has 0 spiro atoms. The maximum atomic E-state index is 13.7. The van der Waals surface area contributed by atoms with E-state index in [0.29, 0.717) is 18.6 Å². The normalized spacial score (nSPS) is 15.1. The zero-order valence-electron chi connectivity index (χ0n) is 15.0. The Bertz CT molecular complexity index is 983. The van der Waals surface area contributed by atoms with Gasteiger partial charge in [-0.2, -0.15) is 0 Å². The fraction of sp³-hybridized carbons (Fsp3) is 0.300. The molecule has 0 N–H and O–H groups in total. The van der Waals surface area contributed by atoms with Crippen LogP contribution >= 0.6 is 18.7 Å². The van der Waals surface area contributed by atoms with E-state index < -0.39 is 24.7 Å². The van der Waals surface area contributed by atoms with Crippen molar-refractivity contribution >= 4 is 28.8 Å². The van der Waals surface area contributed by atoms with Crippen molar-refractivity contribution in [2.24, 2.45) is 0 Å². The molecule has 1 heterocycles. The first-order valence-electron chi connectivity index (χ1n) is 8.47. The van der Waals surface area contributed by atoms with Crippen molar-refractivity contribution in [3.63, 3.8) is 0 Å². The van der Waals surface area contributed by atoms with E-state index in [9.17, 15) is 13.3 Å². The molecule has 2 nitrogen and oxygen atoms in total. The molecule has 2 aromatic carbocycles. The number of rotatable bonds is 6. The Morgan fingerprint density at radius 1 is 1.15 bits per heavy atom. The van der Waals surface area contributed by atoms with Crippen LogP contribution in [0.2, 0.25) is 0 Å². The lowest BCUT2D eigenvalue weighted by atomic mass is 10.0. The minimum Gasteiger partial charge on any atom is -0.328 e. The average molecular weight is 394 g/mol. The molecule has 0 fully saturated rings. The summed E-state index contributed by atoms with van der Waals surface area (Å²) >= 11 is 1.59. The number of fused-ring (bicyclic) bond motifs is 1. The molecule has 2 unspecified atom stereocenters. The molecule has 0 aliphatic rings. The molecular formula is C20H21F2O2PS. The van der Waals surface area contributed by atoms with Gasteiger partial charge in [0.25, 0.3) is 0 Å². The van der Waals surface area contributed by atoms with Gasteiger partial charge in [0.05, 0.1) is 12.3 Å². The van der Waals surface area contributed by atoms with Gasteiger partial charge in [0.2, 0.25) is 7.37 Å². The number of thiophene rings is 1. The van der Waals surface area contributed by atoms with Crippen molar-refractivity contribution in [3.8, 4) is 0 Å². The van der Waals surface area contributed by atoms with Gasteiger partial charge in [0, 0.05) is 16.2 Å². The van der Waals surface area contributed by atoms with Gasteiger partial charge in [-0.25, -0.2) is 8.78 Å². The van der Waals surface area contributed by atoms with Crippen molar-refractivity contribution in [3.05, 3.63) is 70.1 Å². The minimum absolute atomic E-state index is 0.332. The Morgan fingerprint density at radius 3 is 2.54 bits per heavy atom. The highest BCUT2D eigenvalue weighted by Crippen LogP contribution is 2.60. The van der Waals surface area contributed by atoms with Crippen LogP contribution in [-0.4, -0.2) is 13.3 Å². The Hall–Kier alpha value is -1.55. The summed E-state index contributed by atoms with van der Waals surface area (Å²) in [5.41, 5.74) is 1.28. The number of benzene rings is 2. The van der Waals surface area contributed by atoms with Gasteiger partial charge in [0.1, 0.15) is 0 Å². The van der Waals surface area contributed by atoms with Crippen LogP contribution < -0.4 is 0 Å². The zero-order valence-corrected chi connectivity index (χ0v) is 16.7. The van der Waals surface area contributed by atoms with E-state index in [0.717, 1.165) is 26.6 Å². The molecule has 26 heavy (non-hydrogen) atoms. The van der Waals surface area contributed by atoms with Crippen LogP contribution in [0.25, 0.3) is 10.1 Å². The Kier molecular flexibility index (Phi) is 5.61. The van der Waals surface area contributed by atoms with E-state index >= 15 is 0 Å². The predicted octanol–water partition coefficient (Wildman–Crippen LogP) is 6.72. The largest absolute Gasteiger partial charge is 0.328 e. The molecule has 0 bridgehead atoms. The van der Waals surface area contributed by atoms with Gasteiger partial charge in [-0.1, -0.05) is 24.3 Å². The summed E-state index contributed by atoms with van der Waals surface area (Å²) in [5, 5.41) is 1.12. The summed E-state index contributed by atoms with van der Waals surface area (Å²) in [6.45, 7) is 5.79. The van der Waals surface area contributed by atoms with E-state index in [1.165, 1.54) is 6.07 Å². The summed E-state index contributed by atoms with van der Waals surface area (Å²) < 4.78 is 47.0. The molecule has 3 aromatic rings. The lowest BCUT2D eigenvalue weighted by Crippen LogP contribution is -2.07. The highest BCUT2D eigenvalue weighted by molar-refractivity contribution is 7.59. The molecular weight excluding hydrogens is 373 g/mol. The molecule has 0 amide bonds. The van der Waals surface area contributed by atoms with Gasteiger partial charge in [-0.3, -0.25) is 4.57 Å². The second kappa shape index (κ2) is 7.59. The molecule has 0 aliphatic carbocycles. The summed E-state index contributed by atoms with van der Waals surface area (Å²) in [4.78, 5) is 0.982. The molecule has 6 heteroatoms. The first kappa shape index (κ1) is 19.2. The average Bonchev–Trinajstić information content (AvgIpc) is 2.92. The number of hydrogen-bond acceptors (Lipinski definition) is 3. The molecule has 0 aliphatic heterocycles. The SMILES string of the molecule is CCOP(C)(=O)C(Cc1ccc(F)c(F)c1)c1sc2ccccc2c1C. The summed E-state index contributed by atoms with van der Waals surface area (Å²) in [5.74, 6) is -1.77.